The molecule has 0 spiro atoms. The van der Waals surface area contributed by atoms with Crippen molar-refractivity contribution in [2.75, 3.05) is 18.4 Å². The first-order valence-corrected chi connectivity index (χ1v) is 9.74. The van der Waals surface area contributed by atoms with Gasteiger partial charge in [-0.05, 0) is 17.7 Å². The van der Waals surface area contributed by atoms with E-state index < -0.39 is 0 Å². The molecule has 6 heteroatoms. The van der Waals surface area contributed by atoms with Crippen LogP contribution in [0.25, 0.3) is 6.08 Å². The van der Waals surface area contributed by atoms with Gasteiger partial charge >= 0.3 is 0 Å². The van der Waals surface area contributed by atoms with Gasteiger partial charge < -0.3 is 0 Å². The minimum Gasteiger partial charge on any atom is -0.296 e. The van der Waals surface area contributed by atoms with Crippen molar-refractivity contribution in [3.8, 4) is 0 Å². The van der Waals surface area contributed by atoms with Gasteiger partial charge in [-0.1, -0.05) is 48.6 Å². The summed E-state index contributed by atoms with van der Waals surface area (Å²) < 4.78 is 0. The summed E-state index contributed by atoms with van der Waals surface area (Å²) in [5.41, 5.74) is 2.71. The summed E-state index contributed by atoms with van der Waals surface area (Å²) in [6.07, 6.45) is 6.87. The van der Waals surface area contributed by atoms with Crippen LogP contribution in [0, 0.1) is 0 Å². The summed E-state index contributed by atoms with van der Waals surface area (Å²) in [4.78, 5) is 24.5. The predicted molar refractivity (Wildman–Crippen MR) is 109 cm³/mol. The fourth-order valence-corrected chi connectivity index (χ4v) is 4.06. The molecule has 3 heterocycles. The van der Waals surface area contributed by atoms with Crippen molar-refractivity contribution in [2.45, 2.75) is 13.0 Å². The Morgan fingerprint density at radius 1 is 1.19 bits per heavy atom. The summed E-state index contributed by atoms with van der Waals surface area (Å²) >= 11 is 1.56. The molecule has 4 rings (SSSR count). The molecule has 1 aliphatic rings. The van der Waals surface area contributed by atoms with E-state index in [1.54, 1.807) is 35.7 Å². The molecule has 1 amide bonds. The lowest BCUT2D eigenvalue weighted by atomic mass is 10.1. The highest BCUT2D eigenvalue weighted by Gasteiger charge is 2.21. The molecule has 0 fully saturated rings. The standard InChI is InChI=1S/C21H20N4OS/c26-20(18-10-4-5-12-22-18)24-21-23-17-11-14-25(15-19(17)27-21)13-6-9-16-7-2-1-3-8-16/h1-10,12H,11,13-15H2,(H,23,24,26)/b9-6+. The highest BCUT2D eigenvalue weighted by Crippen LogP contribution is 2.28. The van der Waals surface area contributed by atoms with Crippen LogP contribution in [-0.4, -0.2) is 33.9 Å². The first-order chi connectivity index (χ1) is 13.3. The van der Waals surface area contributed by atoms with Gasteiger partial charge in [-0.25, -0.2) is 4.98 Å². The topological polar surface area (TPSA) is 58.1 Å². The number of carbonyl (C=O) groups is 1. The summed E-state index contributed by atoms with van der Waals surface area (Å²) in [5.74, 6) is -0.218. The SMILES string of the molecule is O=C(Nc1nc2c(s1)CN(C/C=C/c1ccccc1)CC2)c1ccccn1. The van der Waals surface area contributed by atoms with Crippen LogP contribution >= 0.6 is 11.3 Å². The highest BCUT2D eigenvalue weighted by molar-refractivity contribution is 7.15. The molecule has 3 aromatic rings. The zero-order valence-electron chi connectivity index (χ0n) is 14.8. The maximum absolute atomic E-state index is 12.2. The third kappa shape index (κ3) is 4.48. The van der Waals surface area contributed by atoms with Crippen molar-refractivity contribution in [1.29, 1.82) is 0 Å². The number of benzene rings is 1. The van der Waals surface area contributed by atoms with E-state index in [0.29, 0.717) is 10.8 Å². The molecule has 136 valence electrons. The second kappa shape index (κ2) is 8.24. The van der Waals surface area contributed by atoms with E-state index in [1.807, 2.05) is 18.2 Å². The lowest BCUT2D eigenvalue weighted by Crippen LogP contribution is -2.29. The molecule has 2 aromatic heterocycles. The Morgan fingerprint density at radius 2 is 2.04 bits per heavy atom. The van der Waals surface area contributed by atoms with E-state index >= 15 is 0 Å². The van der Waals surface area contributed by atoms with Gasteiger partial charge in [0, 0.05) is 37.1 Å². The number of hydrogen-bond acceptors (Lipinski definition) is 5. The Balaban J connectivity index is 1.36. The lowest BCUT2D eigenvalue weighted by molar-refractivity contribution is 0.102. The van der Waals surface area contributed by atoms with Gasteiger partial charge in [0.1, 0.15) is 5.69 Å². The fraction of sp³-hybridized carbons (Fsp3) is 0.190. The normalized spacial score (nSPS) is 14.2. The minimum absolute atomic E-state index is 0.218. The van der Waals surface area contributed by atoms with Crippen molar-refractivity contribution < 1.29 is 4.79 Å². The van der Waals surface area contributed by atoms with Crippen LogP contribution in [0.15, 0.2) is 60.8 Å². The third-order valence-corrected chi connectivity index (χ3v) is 5.40. The van der Waals surface area contributed by atoms with Crippen molar-refractivity contribution >= 4 is 28.5 Å². The van der Waals surface area contributed by atoms with Gasteiger partial charge in [0.05, 0.1) is 5.69 Å². The summed E-state index contributed by atoms with van der Waals surface area (Å²) in [6, 6.07) is 15.6. The molecule has 1 aromatic carbocycles. The van der Waals surface area contributed by atoms with E-state index in [4.69, 9.17) is 0 Å². The molecule has 0 bridgehead atoms. The number of fused-ring (bicyclic) bond motifs is 1. The molecule has 0 radical (unpaired) electrons. The largest absolute Gasteiger partial charge is 0.296 e. The molecule has 0 unspecified atom stereocenters. The number of rotatable bonds is 5. The average Bonchev–Trinajstić information content (AvgIpc) is 3.11. The monoisotopic (exact) mass is 376 g/mol. The predicted octanol–water partition coefficient (Wildman–Crippen LogP) is 3.86. The highest BCUT2D eigenvalue weighted by atomic mass is 32.1. The van der Waals surface area contributed by atoms with Crippen LogP contribution in [0.4, 0.5) is 5.13 Å². The van der Waals surface area contributed by atoms with Gasteiger partial charge in [-0.2, -0.15) is 0 Å². The maximum Gasteiger partial charge on any atom is 0.276 e. The molecule has 0 aliphatic carbocycles. The first kappa shape index (κ1) is 17.6. The van der Waals surface area contributed by atoms with Crippen LogP contribution in [-0.2, 0) is 13.0 Å². The smallest absolute Gasteiger partial charge is 0.276 e. The van der Waals surface area contributed by atoms with E-state index in [-0.39, 0.29) is 5.91 Å². The Hall–Kier alpha value is -2.83. The Kier molecular flexibility index (Phi) is 5.37. The number of carbonyl (C=O) groups excluding carboxylic acids is 1. The second-order valence-corrected chi connectivity index (χ2v) is 7.44. The molecule has 0 atom stereocenters. The van der Waals surface area contributed by atoms with Gasteiger partial charge in [0.15, 0.2) is 5.13 Å². The number of aromatic nitrogens is 2. The first-order valence-electron chi connectivity index (χ1n) is 8.93. The Labute approximate surface area is 162 Å². The third-order valence-electron chi connectivity index (χ3n) is 4.40. The maximum atomic E-state index is 12.2. The van der Waals surface area contributed by atoms with E-state index in [9.17, 15) is 4.79 Å². The molecule has 1 N–H and O–H groups in total. The summed E-state index contributed by atoms with van der Waals surface area (Å²) in [7, 11) is 0. The minimum atomic E-state index is -0.218. The Morgan fingerprint density at radius 3 is 2.85 bits per heavy atom. The Bertz CT molecular complexity index is 937. The molecule has 0 saturated carbocycles. The number of pyridine rings is 1. The number of thiazole rings is 1. The van der Waals surface area contributed by atoms with E-state index in [2.05, 4.69) is 44.5 Å². The van der Waals surface area contributed by atoms with Crippen LogP contribution in [0.1, 0.15) is 26.6 Å². The number of nitrogens with one attached hydrogen (secondary N) is 1. The van der Waals surface area contributed by atoms with Gasteiger partial charge in [0.25, 0.3) is 5.91 Å². The molecular formula is C21H20N4OS. The molecule has 1 aliphatic heterocycles. The molecular weight excluding hydrogens is 356 g/mol. The van der Waals surface area contributed by atoms with Crippen molar-refractivity contribution in [3.63, 3.8) is 0 Å². The molecule has 27 heavy (non-hydrogen) atoms. The van der Waals surface area contributed by atoms with Crippen molar-refractivity contribution in [3.05, 3.63) is 82.6 Å². The van der Waals surface area contributed by atoms with Crippen LogP contribution < -0.4 is 5.32 Å². The fourth-order valence-electron chi connectivity index (χ4n) is 3.02. The van der Waals surface area contributed by atoms with Crippen LogP contribution in [0.5, 0.6) is 0 Å². The van der Waals surface area contributed by atoms with E-state index in [1.165, 1.54) is 10.4 Å². The van der Waals surface area contributed by atoms with Gasteiger partial charge in [0.2, 0.25) is 0 Å². The number of hydrogen-bond donors (Lipinski definition) is 1. The average molecular weight is 376 g/mol. The summed E-state index contributed by atoms with van der Waals surface area (Å²) in [5, 5.41) is 3.52. The van der Waals surface area contributed by atoms with Gasteiger partial charge in [-0.3, -0.25) is 20.0 Å². The molecule has 0 saturated heterocycles. The number of amides is 1. The van der Waals surface area contributed by atoms with E-state index in [0.717, 1.165) is 31.7 Å². The zero-order valence-corrected chi connectivity index (χ0v) is 15.7. The zero-order chi connectivity index (χ0) is 18.5. The van der Waals surface area contributed by atoms with Crippen LogP contribution in [0.2, 0.25) is 0 Å². The number of anilines is 1. The summed E-state index contributed by atoms with van der Waals surface area (Å²) in [6.45, 7) is 2.75. The second-order valence-electron chi connectivity index (χ2n) is 6.36. The number of nitrogens with zero attached hydrogens (tertiary/aromatic N) is 3. The molecule has 5 nitrogen and oxygen atoms in total. The quantitative estimate of drug-likeness (QED) is 0.735. The lowest BCUT2D eigenvalue weighted by Gasteiger charge is -2.24. The van der Waals surface area contributed by atoms with Crippen molar-refractivity contribution in [2.24, 2.45) is 0 Å². The van der Waals surface area contributed by atoms with Gasteiger partial charge in [-0.15, -0.1) is 11.3 Å². The van der Waals surface area contributed by atoms with Crippen molar-refractivity contribution in [1.82, 2.24) is 14.9 Å². The van der Waals surface area contributed by atoms with Crippen LogP contribution in [0.3, 0.4) is 0 Å².